The summed E-state index contributed by atoms with van der Waals surface area (Å²) in [6.45, 7) is 2.27. The molecule has 1 aromatic rings. The molecule has 0 unspecified atom stereocenters. The van der Waals surface area contributed by atoms with Crippen molar-refractivity contribution in [1.29, 1.82) is 5.26 Å². The lowest BCUT2D eigenvalue weighted by atomic mass is 9.82. The van der Waals surface area contributed by atoms with Crippen LogP contribution in [-0.4, -0.2) is 6.04 Å². The molecule has 0 radical (unpaired) electrons. The van der Waals surface area contributed by atoms with Gasteiger partial charge < -0.3 is 11.1 Å². The zero-order chi connectivity index (χ0) is 11.5. The number of nitrogen functional groups attached to an aromatic ring is 1. The van der Waals surface area contributed by atoms with Crippen LogP contribution in [0.4, 0.5) is 11.4 Å². The summed E-state index contributed by atoms with van der Waals surface area (Å²) in [7, 11) is 0. The van der Waals surface area contributed by atoms with E-state index in [9.17, 15) is 0 Å². The smallest absolute Gasteiger partial charge is 0.0670 e. The molecule has 3 N–H and O–H groups in total. The van der Waals surface area contributed by atoms with Crippen LogP contribution >= 0.6 is 0 Å². The summed E-state index contributed by atoms with van der Waals surface area (Å²) in [5, 5.41) is 12.2. The van der Waals surface area contributed by atoms with E-state index in [4.69, 9.17) is 11.0 Å². The summed E-state index contributed by atoms with van der Waals surface area (Å²) in [5.41, 5.74) is 8.50. The number of nitrogens with one attached hydrogen (secondary N) is 1. The first-order valence-corrected chi connectivity index (χ1v) is 5.71. The summed E-state index contributed by atoms with van der Waals surface area (Å²) in [6, 6.07) is 8.57. The number of rotatable bonds is 3. The molecule has 1 fully saturated rings. The molecule has 16 heavy (non-hydrogen) atoms. The largest absolute Gasteiger partial charge is 0.398 e. The van der Waals surface area contributed by atoms with Crippen LogP contribution in [0.5, 0.6) is 0 Å². The number of hydrogen-bond acceptors (Lipinski definition) is 3. The van der Waals surface area contributed by atoms with Crippen LogP contribution in [0.25, 0.3) is 0 Å². The molecule has 0 amide bonds. The Bertz CT molecular complexity index is 414. The number of nitriles is 1. The molecule has 1 aliphatic rings. The molecule has 0 aromatic heterocycles. The SMILES string of the molecule is CC1CC(Nc2ccc(N)c(CC#N)c2)C1. The minimum absolute atomic E-state index is 0.377. The third-order valence-corrected chi connectivity index (χ3v) is 3.16. The van der Waals surface area contributed by atoms with Gasteiger partial charge in [0, 0.05) is 17.4 Å². The van der Waals surface area contributed by atoms with Gasteiger partial charge in [-0.1, -0.05) is 6.92 Å². The molecule has 0 atom stereocenters. The highest BCUT2D eigenvalue weighted by atomic mass is 14.9. The Hall–Kier alpha value is -1.69. The van der Waals surface area contributed by atoms with Crippen LogP contribution in [0.2, 0.25) is 0 Å². The topological polar surface area (TPSA) is 61.8 Å². The molecule has 3 nitrogen and oxygen atoms in total. The molecule has 1 saturated carbocycles. The van der Waals surface area contributed by atoms with E-state index in [1.54, 1.807) is 0 Å². The molecule has 0 heterocycles. The maximum Gasteiger partial charge on any atom is 0.0670 e. The Labute approximate surface area is 96.3 Å². The van der Waals surface area contributed by atoms with Gasteiger partial charge in [-0.25, -0.2) is 0 Å². The van der Waals surface area contributed by atoms with Gasteiger partial charge in [-0.2, -0.15) is 5.26 Å². The van der Waals surface area contributed by atoms with E-state index in [1.807, 2.05) is 18.2 Å². The summed E-state index contributed by atoms with van der Waals surface area (Å²) >= 11 is 0. The number of nitrogens with two attached hydrogens (primary N) is 1. The van der Waals surface area contributed by atoms with Gasteiger partial charge in [-0.3, -0.25) is 0 Å². The second kappa shape index (κ2) is 4.44. The fourth-order valence-corrected chi connectivity index (χ4v) is 2.19. The maximum atomic E-state index is 8.68. The van der Waals surface area contributed by atoms with Crippen molar-refractivity contribution in [3.8, 4) is 6.07 Å². The van der Waals surface area contributed by atoms with Crippen LogP contribution in [0.15, 0.2) is 18.2 Å². The average molecular weight is 215 g/mol. The van der Waals surface area contributed by atoms with Crippen LogP contribution in [0, 0.1) is 17.2 Å². The van der Waals surface area contributed by atoms with Crippen LogP contribution < -0.4 is 11.1 Å². The van der Waals surface area contributed by atoms with E-state index in [-0.39, 0.29) is 0 Å². The Balaban J connectivity index is 2.04. The highest BCUT2D eigenvalue weighted by Crippen LogP contribution is 2.30. The third kappa shape index (κ3) is 2.27. The van der Waals surface area contributed by atoms with Crippen LogP contribution in [0.3, 0.4) is 0 Å². The molecular formula is C13H17N3. The van der Waals surface area contributed by atoms with Crippen molar-refractivity contribution in [3.05, 3.63) is 23.8 Å². The summed E-state index contributed by atoms with van der Waals surface area (Å²) in [5.74, 6) is 0.838. The zero-order valence-electron chi connectivity index (χ0n) is 9.53. The molecule has 2 rings (SSSR count). The fourth-order valence-electron chi connectivity index (χ4n) is 2.19. The first kappa shape index (κ1) is 10.8. The lowest BCUT2D eigenvalue weighted by Gasteiger charge is -2.34. The number of anilines is 2. The van der Waals surface area contributed by atoms with Crippen LogP contribution in [-0.2, 0) is 6.42 Å². The molecule has 0 spiro atoms. The van der Waals surface area contributed by atoms with E-state index < -0.39 is 0 Å². The molecular weight excluding hydrogens is 198 g/mol. The van der Waals surface area contributed by atoms with Gasteiger partial charge in [-0.15, -0.1) is 0 Å². The van der Waals surface area contributed by atoms with E-state index in [2.05, 4.69) is 18.3 Å². The number of benzene rings is 1. The van der Waals surface area contributed by atoms with Crippen molar-refractivity contribution < 1.29 is 0 Å². The highest BCUT2D eigenvalue weighted by molar-refractivity contribution is 5.58. The second-order valence-electron chi connectivity index (χ2n) is 4.67. The molecule has 0 aliphatic heterocycles. The Morgan fingerprint density at radius 1 is 1.50 bits per heavy atom. The third-order valence-electron chi connectivity index (χ3n) is 3.16. The quantitative estimate of drug-likeness (QED) is 0.762. The average Bonchev–Trinajstić information content (AvgIpc) is 2.21. The standard InChI is InChI=1S/C13H17N3/c1-9-6-12(7-9)16-11-2-3-13(15)10(8-11)4-5-14/h2-3,8-9,12,16H,4,6-7,15H2,1H3. The number of hydrogen-bond donors (Lipinski definition) is 2. The van der Waals surface area contributed by atoms with Gasteiger partial charge in [-0.05, 0) is 42.5 Å². The van der Waals surface area contributed by atoms with E-state index >= 15 is 0 Å². The van der Waals surface area contributed by atoms with Crippen molar-refractivity contribution in [1.82, 2.24) is 0 Å². The van der Waals surface area contributed by atoms with Gasteiger partial charge in [0.1, 0.15) is 0 Å². The van der Waals surface area contributed by atoms with Crippen molar-refractivity contribution in [2.45, 2.75) is 32.2 Å². The second-order valence-corrected chi connectivity index (χ2v) is 4.67. The number of nitrogens with zero attached hydrogens (tertiary/aromatic N) is 1. The van der Waals surface area contributed by atoms with E-state index in [0.29, 0.717) is 18.2 Å². The van der Waals surface area contributed by atoms with Gasteiger partial charge in [0.05, 0.1) is 12.5 Å². The first-order chi connectivity index (χ1) is 7.69. The summed E-state index contributed by atoms with van der Waals surface area (Å²) in [6.07, 6.45) is 2.85. The molecule has 0 bridgehead atoms. The lowest BCUT2D eigenvalue weighted by molar-refractivity contribution is 0.309. The Kier molecular flexibility index (Phi) is 3.00. The molecule has 0 saturated heterocycles. The highest BCUT2D eigenvalue weighted by Gasteiger charge is 2.24. The predicted molar refractivity (Wildman–Crippen MR) is 66.0 cm³/mol. The minimum Gasteiger partial charge on any atom is -0.398 e. The van der Waals surface area contributed by atoms with Crippen molar-refractivity contribution in [2.75, 3.05) is 11.1 Å². The van der Waals surface area contributed by atoms with Gasteiger partial charge in [0.2, 0.25) is 0 Å². The monoisotopic (exact) mass is 215 g/mol. The van der Waals surface area contributed by atoms with Crippen LogP contribution in [0.1, 0.15) is 25.3 Å². The van der Waals surface area contributed by atoms with E-state index in [1.165, 1.54) is 12.8 Å². The fraction of sp³-hybridized carbons (Fsp3) is 0.462. The first-order valence-electron chi connectivity index (χ1n) is 5.71. The Morgan fingerprint density at radius 3 is 2.88 bits per heavy atom. The zero-order valence-corrected chi connectivity index (χ0v) is 9.53. The van der Waals surface area contributed by atoms with Crippen molar-refractivity contribution >= 4 is 11.4 Å². The van der Waals surface area contributed by atoms with Crippen molar-refractivity contribution in [3.63, 3.8) is 0 Å². The van der Waals surface area contributed by atoms with Crippen molar-refractivity contribution in [2.24, 2.45) is 5.92 Å². The molecule has 3 heteroatoms. The molecule has 1 aliphatic carbocycles. The van der Waals surface area contributed by atoms with Gasteiger partial charge in [0.15, 0.2) is 0 Å². The molecule has 84 valence electrons. The Morgan fingerprint density at radius 2 is 2.25 bits per heavy atom. The molecule has 1 aromatic carbocycles. The van der Waals surface area contributed by atoms with E-state index in [0.717, 1.165) is 17.2 Å². The minimum atomic E-state index is 0.377. The normalized spacial score (nSPS) is 23.2. The lowest BCUT2D eigenvalue weighted by Crippen LogP contribution is -2.33. The summed E-state index contributed by atoms with van der Waals surface area (Å²) in [4.78, 5) is 0. The summed E-state index contributed by atoms with van der Waals surface area (Å²) < 4.78 is 0. The van der Waals surface area contributed by atoms with Gasteiger partial charge >= 0.3 is 0 Å². The predicted octanol–water partition coefficient (Wildman–Crippen LogP) is 2.55. The maximum absolute atomic E-state index is 8.68. The van der Waals surface area contributed by atoms with Gasteiger partial charge in [0.25, 0.3) is 0 Å².